The van der Waals surface area contributed by atoms with Gasteiger partial charge in [0.15, 0.2) is 11.5 Å². The summed E-state index contributed by atoms with van der Waals surface area (Å²) in [5.74, 6) is 0.0160. The molecular formula is C20H16ClN3O2. The first-order valence-electron chi connectivity index (χ1n) is 7.84. The Kier molecular flexibility index (Phi) is 5.63. The maximum Gasteiger partial charge on any atom is 0.180 e. The number of nitrogens with one attached hydrogen (secondary N) is 1. The highest BCUT2D eigenvalue weighted by atomic mass is 35.5. The van der Waals surface area contributed by atoms with Gasteiger partial charge in [-0.3, -0.25) is 10.7 Å². The summed E-state index contributed by atoms with van der Waals surface area (Å²) in [6, 6.07) is 24.1. The van der Waals surface area contributed by atoms with Gasteiger partial charge >= 0.3 is 0 Å². The molecule has 0 aliphatic rings. The minimum atomic E-state index is 0.0160. The zero-order valence-corrected chi connectivity index (χ0v) is 14.4. The largest absolute Gasteiger partial charge is 0.410 e. The van der Waals surface area contributed by atoms with Crippen LogP contribution in [-0.4, -0.2) is 22.0 Å². The lowest BCUT2D eigenvalue weighted by atomic mass is 10.0. The number of benzene rings is 3. The molecule has 0 saturated carbocycles. The van der Waals surface area contributed by atoms with Crippen LogP contribution in [0.3, 0.4) is 0 Å². The van der Waals surface area contributed by atoms with Gasteiger partial charge in [-0.05, 0) is 35.4 Å². The van der Waals surface area contributed by atoms with E-state index in [4.69, 9.17) is 11.6 Å². The highest BCUT2D eigenvalue weighted by Crippen LogP contribution is 2.20. The predicted octanol–water partition coefficient (Wildman–Crippen LogP) is 4.89. The van der Waals surface area contributed by atoms with Crippen molar-refractivity contribution in [2.24, 2.45) is 10.1 Å². The Morgan fingerprint density at radius 2 is 1.42 bits per heavy atom. The molecule has 3 aromatic carbocycles. The van der Waals surface area contributed by atoms with Crippen LogP contribution in [0.1, 0.15) is 5.56 Å². The molecule has 0 atom stereocenters. The van der Waals surface area contributed by atoms with Crippen LogP contribution in [0.25, 0.3) is 11.1 Å². The molecule has 0 bridgehead atoms. The Labute approximate surface area is 155 Å². The highest BCUT2D eigenvalue weighted by Gasteiger charge is 2.13. The van der Waals surface area contributed by atoms with Crippen LogP contribution in [0, 0.1) is 0 Å². The maximum absolute atomic E-state index is 9.44. The van der Waals surface area contributed by atoms with E-state index in [1.165, 1.54) is 0 Å². The minimum Gasteiger partial charge on any atom is -0.410 e. The molecular weight excluding hydrogens is 350 g/mol. The van der Waals surface area contributed by atoms with E-state index in [2.05, 4.69) is 10.1 Å². The van der Waals surface area contributed by atoms with Crippen molar-refractivity contribution in [1.29, 1.82) is 0 Å². The fourth-order valence-corrected chi connectivity index (χ4v) is 2.59. The third-order valence-corrected chi connectivity index (χ3v) is 4.02. The molecule has 3 N–H and O–H groups in total. The summed E-state index contributed by atoms with van der Waals surface area (Å²) >= 11 is 5.86. The molecule has 5 nitrogen and oxygen atoms in total. The van der Waals surface area contributed by atoms with E-state index in [-0.39, 0.29) is 11.5 Å². The maximum atomic E-state index is 9.44. The number of halogens is 1. The van der Waals surface area contributed by atoms with Gasteiger partial charge in [0.1, 0.15) is 0 Å². The van der Waals surface area contributed by atoms with E-state index in [9.17, 15) is 10.4 Å². The first-order chi connectivity index (χ1) is 12.7. The summed E-state index contributed by atoms with van der Waals surface area (Å²) in [5, 5.41) is 22.7. The molecule has 0 aliphatic heterocycles. The fourth-order valence-electron chi connectivity index (χ4n) is 2.47. The second kappa shape index (κ2) is 8.29. The normalized spacial score (nSPS) is 12.1. The monoisotopic (exact) mass is 365 g/mol. The summed E-state index contributed by atoms with van der Waals surface area (Å²) in [6.45, 7) is 0. The third-order valence-electron chi connectivity index (χ3n) is 3.76. The summed E-state index contributed by atoms with van der Waals surface area (Å²) in [6.07, 6.45) is 0. The van der Waals surface area contributed by atoms with Crippen molar-refractivity contribution in [3.63, 3.8) is 0 Å². The number of hydroxylamine groups is 1. The Morgan fingerprint density at radius 3 is 2.00 bits per heavy atom. The number of nitrogens with zero attached hydrogens (tertiary/aromatic N) is 2. The summed E-state index contributed by atoms with van der Waals surface area (Å²) < 4.78 is 0. The molecule has 0 amide bonds. The van der Waals surface area contributed by atoms with Gasteiger partial charge in [-0.2, -0.15) is 0 Å². The van der Waals surface area contributed by atoms with Crippen LogP contribution in [0.5, 0.6) is 0 Å². The molecule has 130 valence electrons. The van der Waals surface area contributed by atoms with Gasteiger partial charge < -0.3 is 5.21 Å². The molecule has 3 rings (SSSR count). The van der Waals surface area contributed by atoms with Gasteiger partial charge in [0.05, 0.1) is 5.69 Å². The first-order valence-corrected chi connectivity index (χ1v) is 8.21. The van der Waals surface area contributed by atoms with E-state index in [1.54, 1.807) is 36.4 Å². The Hall–Kier alpha value is -3.15. The fraction of sp³-hybridized carbons (Fsp3) is 0. The molecule has 0 aliphatic carbocycles. The Bertz CT molecular complexity index is 922. The van der Waals surface area contributed by atoms with Gasteiger partial charge in [-0.15, -0.1) is 0 Å². The number of amidine groups is 1. The van der Waals surface area contributed by atoms with Gasteiger partial charge in [-0.1, -0.05) is 71.4 Å². The average Bonchev–Trinajstić information content (AvgIpc) is 2.70. The topological polar surface area (TPSA) is 77.2 Å². The number of aliphatic imine (C=N–C) groups is 1. The second-order valence-electron chi connectivity index (χ2n) is 5.44. The van der Waals surface area contributed by atoms with Gasteiger partial charge in [-0.25, -0.2) is 4.99 Å². The lowest BCUT2D eigenvalue weighted by Crippen LogP contribution is -2.29. The SMILES string of the molecule is O/N=C(/C(=Nc1ccc(Cl)cc1)NO)c1ccc(-c2ccccc2)cc1. The molecule has 0 heterocycles. The van der Waals surface area contributed by atoms with Crippen molar-refractivity contribution in [2.75, 3.05) is 0 Å². The quantitative estimate of drug-likeness (QED) is 0.266. The predicted molar refractivity (Wildman–Crippen MR) is 104 cm³/mol. The summed E-state index contributed by atoms with van der Waals surface area (Å²) in [5.41, 5.74) is 5.36. The molecule has 6 heteroatoms. The van der Waals surface area contributed by atoms with Crippen LogP contribution in [0.4, 0.5) is 5.69 Å². The zero-order chi connectivity index (χ0) is 18.4. The average molecular weight is 366 g/mol. The molecule has 0 aromatic heterocycles. The Morgan fingerprint density at radius 1 is 0.808 bits per heavy atom. The van der Waals surface area contributed by atoms with Gasteiger partial charge in [0, 0.05) is 10.6 Å². The van der Waals surface area contributed by atoms with Crippen molar-refractivity contribution < 1.29 is 10.4 Å². The van der Waals surface area contributed by atoms with Crippen molar-refractivity contribution in [3.8, 4) is 11.1 Å². The lowest BCUT2D eigenvalue weighted by Gasteiger charge is -2.09. The summed E-state index contributed by atoms with van der Waals surface area (Å²) in [4.78, 5) is 4.25. The number of oxime groups is 1. The minimum absolute atomic E-state index is 0.0160. The lowest BCUT2D eigenvalue weighted by molar-refractivity contribution is 0.236. The standard InChI is InChI=1S/C20H16ClN3O2/c21-17-10-12-18(13-11-17)22-20(24-26)19(23-25)16-8-6-15(7-9-16)14-4-2-1-3-5-14/h1-13,25-26H,(H,22,24)/b23-19+. The molecule has 0 unspecified atom stereocenters. The van der Waals surface area contributed by atoms with E-state index in [1.807, 2.05) is 47.9 Å². The van der Waals surface area contributed by atoms with Crippen LogP contribution in [-0.2, 0) is 0 Å². The van der Waals surface area contributed by atoms with Crippen LogP contribution < -0.4 is 5.48 Å². The van der Waals surface area contributed by atoms with Crippen LogP contribution >= 0.6 is 11.6 Å². The summed E-state index contributed by atoms with van der Waals surface area (Å²) in [7, 11) is 0. The Balaban J connectivity index is 1.91. The number of hydrogen-bond donors (Lipinski definition) is 3. The van der Waals surface area contributed by atoms with Crippen molar-refractivity contribution in [3.05, 3.63) is 89.4 Å². The second-order valence-corrected chi connectivity index (χ2v) is 5.88. The van der Waals surface area contributed by atoms with E-state index < -0.39 is 0 Å². The van der Waals surface area contributed by atoms with Crippen LogP contribution in [0.15, 0.2) is 89.0 Å². The number of rotatable bonds is 4. The van der Waals surface area contributed by atoms with Crippen molar-refractivity contribution in [1.82, 2.24) is 5.48 Å². The van der Waals surface area contributed by atoms with E-state index in [0.29, 0.717) is 16.3 Å². The molecule has 26 heavy (non-hydrogen) atoms. The van der Waals surface area contributed by atoms with Gasteiger partial charge in [0.2, 0.25) is 0 Å². The van der Waals surface area contributed by atoms with Crippen LogP contribution in [0.2, 0.25) is 5.02 Å². The smallest absolute Gasteiger partial charge is 0.180 e. The molecule has 0 fully saturated rings. The molecule has 0 radical (unpaired) electrons. The molecule has 0 spiro atoms. The third kappa shape index (κ3) is 4.08. The molecule has 3 aromatic rings. The van der Waals surface area contributed by atoms with Crippen molar-refractivity contribution in [2.45, 2.75) is 0 Å². The van der Waals surface area contributed by atoms with E-state index in [0.717, 1.165) is 11.1 Å². The molecule has 0 saturated heterocycles. The number of hydrogen-bond acceptors (Lipinski definition) is 4. The van der Waals surface area contributed by atoms with E-state index >= 15 is 0 Å². The first kappa shape index (κ1) is 17.7. The zero-order valence-electron chi connectivity index (χ0n) is 13.7. The highest BCUT2D eigenvalue weighted by molar-refractivity contribution is 6.47. The van der Waals surface area contributed by atoms with Gasteiger partial charge in [0.25, 0.3) is 0 Å². The van der Waals surface area contributed by atoms with Crippen molar-refractivity contribution >= 4 is 28.8 Å².